The maximum absolute atomic E-state index is 13.0. The molecule has 0 radical (unpaired) electrons. The van der Waals surface area contributed by atoms with E-state index in [1.54, 1.807) is 18.3 Å². The number of nitrogens with zero attached hydrogens (tertiary/aromatic N) is 5. The first-order valence-electron chi connectivity index (χ1n) is 9.37. The molecule has 0 bridgehead atoms. The molecule has 9 heteroatoms. The van der Waals surface area contributed by atoms with Gasteiger partial charge < -0.3 is 19.3 Å². The first-order valence-corrected chi connectivity index (χ1v) is 9.37. The van der Waals surface area contributed by atoms with Crippen LogP contribution in [0.25, 0.3) is 0 Å². The molecule has 0 saturated carbocycles. The highest BCUT2D eigenvalue weighted by molar-refractivity contribution is 5.80. The van der Waals surface area contributed by atoms with E-state index in [0.717, 1.165) is 37.6 Å². The molecule has 2 aromatic rings. The summed E-state index contributed by atoms with van der Waals surface area (Å²) in [6.07, 6.45) is 1.63. The van der Waals surface area contributed by atoms with Crippen molar-refractivity contribution in [3.8, 4) is 0 Å². The number of rotatable bonds is 5. The Balaban J connectivity index is 1.54. The van der Waals surface area contributed by atoms with Crippen molar-refractivity contribution in [2.75, 3.05) is 67.8 Å². The number of hydrazone groups is 1. The normalized spacial score (nSPS) is 17.9. The third-order valence-corrected chi connectivity index (χ3v) is 4.59. The van der Waals surface area contributed by atoms with Crippen molar-refractivity contribution >= 4 is 23.8 Å². The van der Waals surface area contributed by atoms with Gasteiger partial charge in [0.2, 0.25) is 5.95 Å². The monoisotopic (exact) mass is 386 g/mol. The number of morpholine rings is 2. The predicted octanol–water partition coefficient (Wildman–Crippen LogP) is 1.73. The molecule has 0 amide bonds. The topological polar surface area (TPSA) is 75.1 Å². The number of aromatic nitrogens is 2. The van der Waals surface area contributed by atoms with Crippen LogP contribution in [-0.4, -0.2) is 68.8 Å². The number of anilines is 3. The van der Waals surface area contributed by atoms with Gasteiger partial charge in [-0.15, -0.1) is 0 Å². The Bertz CT molecular complexity index is 768. The lowest BCUT2D eigenvalue weighted by Gasteiger charge is -2.31. The molecule has 2 fully saturated rings. The van der Waals surface area contributed by atoms with Crippen LogP contribution in [0.2, 0.25) is 0 Å². The minimum absolute atomic E-state index is 0.272. The van der Waals surface area contributed by atoms with E-state index in [9.17, 15) is 4.39 Å². The molecule has 2 aliphatic heterocycles. The lowest BCUT2D eigenvalue weighted by Crippen LogP contribution is -2.39. The van der Waals surface area contributed by atoms with Gasteiger partial charge in [0, 0.05) is 32.2 Å². The van der Waals surface area contributed by atoms with Crippen LogP contribution in [-0.2, 0) is 9.47 Å². The molecule has 1 aromatic heterocycles. The van der Waals surface area contributed by atoms with Gasteiger partial charge in [0.15, 0.2) is 5.82 Å². The van der Waals surface area contributed by atoms with Gasteiger partial charge >= 0.3 is 0 Å². The number of benzene rings is 1. The molecule has 4 rings (SSSR count). The molecule has 0 atom stereocenters. The highest BCUT2D eigenvalue weighted by Gasteiger charge is 2.19. The summed E-state index contributed by atoms with van der Waals surface area (Å²) in [6.45, 7) is 5.78. The zero-order chi connectivity index (χ0) is 19.2. The van der Waals surface area contributed by atoms with Crippen molar-refractivity contribution in [1.29, 1.82) is 0 Å². The van der Waals surface area contributed by atoms with Crippen LogP contribution in [0.3, 0.4) is 0 Å². The van der Waals surface area contributed by atoms with E-state index in [2.05, 4.69) is 25.3 Å². The molecule has 0 unspecified atom stereocenters. The number of halogens is 1. The van der Waals surface area contributed by atoms with Gasteiger partial charge in [-0.25, -0.2) is 4.39 Å². The fourth-order valence-corrected chi connectivity index (χ4v) is 3.06. The largest absolute Gasteiger partial charge is 0.378 e. The van der Waals surface area contributed by atoms with Crippen LogP contribution in [0, 0.1) is 5.82 Å². The lowest BCUT2D eigenvalue weighted by atomic mass is 10.2. The van der Waals surface area contributed by atoms with E-state index >= 15 is 0 Å². The minimum Gasteiger partial charge on any atom is -0.378 e. The van der Waals surface area contributed by atoms with Gasteiger partial charge in [0.1, 0.15) is 11.6 Å². The van der Waals surface area contributed by atoms with E-state index in [4.69, 9.17) is 14.5 Å². The maximum atomic E-state index is 13.0. The number of ether oxygens (including phenoxy) is 2. The molecule has 2 saturated heterocycles. The Morgan fingerprint density at radius 3 is 2.25 bits per heavy atom. The highest BCUT2D eigenvalue weighted by Crippen LogP contribution is 2.22. The van der Waals surface area contributed by atoms with Crippen molar-refractivity contribution in [3.63, 3.8) is 0 Å². The average Bonchev–Trinajstić information content (AvgIpc) is 2.76. The maximum Gasteiger partial charge on any atom is 0.229 e. The third kappa shape index (κ3) is 4.73. The summed E-state index contributed by atoms with van der Waals surface area (Å²) in [7, 11) is 0. The van der Waals surface area contributed by atoms with Gasteiger partial charge in [-0.3, -0.25) is 5.43 Å². The van der Waals surface area contributed by atoms with Gasteiger partial charge in [-0.05, 0) is 17.7 Å². The van der Waals surface area contributed by atoms with E-state index in [-0.39, 0.29) is 5.82 Å². The molecule has 2 aliphatic rings. The molecule has 8 nitrogen and oxygen atoms in total. The quantitative estimate of drug-likeness (QED) is 0.620. The summed E-state index contributed by atoms with van der Waals surface area (Å²) in [5.74, 6) is 1.84. The van der Waals surface area contributed by atoms with Gasteiger partial charge in [0.05, 0.1) is 32.6 Å². The molecule has 0 spiro atoms. The predicted molar refractivity (Wildman–Crippen MR) is 106 cm³/mol. The van der Waals surface area contributed by atoms with Crippen LogP contribution >= 0.6 is 0 Å². The number of hydrogen-bond donors (Lipinski definition) is 1. The highest BCUT2D eigenvalue weighted by atomic mass is 19.1. The van der Waals surface area contributed by atoms with E-state index in [0.29, 0.717) is 38.2 Å². The summed E-state index contributed by atoms with van der Waals surface area (Å²) in [5, 5.41) is 4.24. The lowest BCUT2D eigenvalue weighted by molar-refractivity contribution is 0.121. The minimum atomic E-state index is -0.272. The first-order chi connectivity index (χ1) is 13.8. The van der Waals surface area contributed by atoms with Crippen molar-refractivity contribution in [2.45, 2.75) is 0 Å². The fraction of sp³-hybridized carbons (Fsp3) is 0.421. The van der Waals surface area contributed by atoms with E-state index in [1.807, 2.05) is 6.07 Å². The van der Waals surface area contributed by atoms with Crippen molar-refractivity contribution in [3.05, 3.63) is 41.7 Å². The summed E-state index contributed by atoms with van der Waals surface area (Å²) in [4.78, 5) is 13.7. The second kappa shape index (κ2) is 8.94. The third-order valence-electron chi connectivity index (χ3n) is 4.59. The summed E-state index contributed by atoms with van der Waals surface area (Å²) in [6, 6.07) is 8.02. The number of nitrogens with one attached hydrogen (secondary N) is 1. The molecular weight excluding hydrogens is 363 g/mol. The Hall–Kier alpha value is -2.78. The first kappa shape index (κ1) is 18.6. The van der Waals surface area contributed by atoms with Gasteiger partial charge in [0.25, 0.3) is 0 Å². The molecule has 1 N–H and O–H groups in total. The molecule has 3 heterocycles. The Kier molecular flexibility index (Phi) is 5.93. The standard InChI is InChI=1S/C19H23FN6O2/c20-16-3-1-15(2-4-16)14-21-24-17-13-18(25-5-9-27-10-6-25)23-19(22-17)26-7-11-28-12-8-26/h1-4,13-14H,5-12H2,(H,22,23,24). The van der Waals surface area contributed by atoms with E-state index in [1.165, 1.54) is 12.1 Å². The Morgan fingerprint density at radius 2 is 1.57 bits per heavy atom. The van der Waals surface area contributed by atoms with Crippen molar-refractivity contribution < 1.29 is 13.9 Å². The zero-order valence-electron chi connectivity index (χ0n) is 15.6. The molecule has 0 aliphatic carbocycles. The second-order valence-corrected chi connectivity index (χ2v) is 6.53. The molecule has 148 valence electrons. The Labute approximate surface area is 163 Å². The van der Waals surface area contributed by atoms with Crippen LogP contribution in [0.1, 0.15) is 5.56 Å². The average molecular weight is 386 g/mol. The second-order valence-electron chi connectivity index (χ2n) is 6.53. The Morgan fingerprint density at radius 1 is 0.929 bits per heavy atom. The summed E-state index contributed by atoms with van der Waals surface area (Å²) in [5.41, 5.74) is 3.77. The number of hydrogen-bond acceptors (Lipinski definition) is 8. The van der Waals surface area contributed by atoms with Gasteiger partial charge in [-0.2, -0.15) is 15.1 Å². The molecule has 28 heavy (non-hydrogen) atoms. The zero-order valence-corrected chi connectivity index (χ0v) is 15.6. The van der Waals surface area contributed by atoms with Crippen LogP contribution in [0.5, 0.6) is 0 Å². The smallest absolute Gasteiger partial charge is 0.229 e. The van der Waals surface area contributed by atoms with Crippen molar-refractivity contribution in [2.24, 2.45) is 5.10 Å². The summed E-state index contributed by atoms with van der Waals surface area (Å²) < 4.78 is 23.9. The fourth-order valence-electron chi connectivity index (χ4n) is 3.06. The van der Waals surface area contributed by atoms with Crippen molar-refractivity contribution in [1.82, 2.24) is 9.97 Å². The van der Waals surface area contributed by atoms with Crippen LogP contribution in [0.4, 0.5) is 22.0 Å². The van der Waals surface area contributed by atoms with E-state index < -0.39 is 0 Å². The molecule has 1 aromatic carbocycles. The van der Waals surface area contributed by atoms with Crippen LogP contribution < -0.4 is 15.2 Å². The van der Waals surface area contributed by atoms with Gasteiger partial charge in [-0.1, -0.05) is 12.1 Å². The SMILES string of the molecule is Fc1ccc(C=NNc2cc(N3CCOCC3)nc(N3CCOCC3)n2)cc1. The van der Waals surface area contributed by atoms with Crippen LogP contribution in [0.15, 0.2) is 35.4 Å². The summed E-state index contributed by atoms with van der Waals surface area (Å²) >= 11 is 0. The molecular formula is C19H23FN6O2.